The number of aryl methyl sites for hydroxylation is 1. The van der Waals surface area contributed by atoms with Crippen LogP contribution in [0.2, 0.25) is 0 Å². The van der Waals surface area contributed by atoms with Crippen LogP contribution >= 0.6 is 0 Å². The van der Waals surface area contributed by atoms with E-state index in [2.05, 4.69) is 10.3 Å². The lowest BCUT2D eigenvalue weighted by atomic mass is 9.86. The predicted molar refractivity (Wildman–Crippen MR) is 72.6 cm³/mol. The summed E-state index contributed by atoms with van der Waals surface area (Å²) in [5.74, 6) is -0.490. The van der Waals surface area contributed by atoms with Gasteiger partial charge in [-0.3, -0.25) is 14.9 Å². The topological polar surface area (TPSA) is 105 Å². The van der Waals surface area contributed by atoms with Crippen LogP contribution < -0.4 is 5.32 Å². The van der Waals surface area contributed by atoms with Crippen LogP contribution in [0.5, 0.6) is 0 Å². The average Bonchev–Trinajstić information content (AvgIpc) is 2.41. The standard InChI is InChI=1S/C13H17N3O4/c1-8-5-11(16(19)20)7-14-12(8)15-10-4-2-3-9(6-10)13(17)18/h5,7,9-10H,2-4,6H2,1H3,(H,14,15)(H,17,18). The molecule has 1 heterocycles. The second-order valence-electron chi connectivity index (χ2n) is 5.16. The lowest BCUT2D eigenvalue weighted by Gasteiger charge is -2.28. The van der Waals surface area contributed by atoms with E-state index in [-0.39, 0.29) is 17.6 Å². The fraction of sp³-hybridized carbons (Fsp3) is 0.538. The van der Waals surface area contributed by atoms with Gasteiger partial charge in [-0.15, -0.1) is 0 Å². The summed E-state index contributed by atoms with van der Waals surface area (Å²) >= 11 is 0. The number of nitro groups is 1. The fourth-order valence-electron chi connectivity index (χ4n) is 2.55. The highest BCUT2D eigenvalue weighted by molar-refractivity contribution is 5.70. The molecule has 0 radical (unpaired) electrons. The molecule has 20 heavy (non-hydrogen) atoms. The minimum Gasteiger partial charge on any atom is -0.481 e. The first-order chi connectivity index (χ1) is 9.47. The maximum Gasteiger partial charge on any atom is 0.306 e. The van der Waals surface area contributed by atoms with Gasteiger partial charge in [0.05, 0.1) is 10.8 Å². The predicted octanol–water partition coefficient (Wildman–Crippen LogP) is 2.35. The lowest BCUT2D eigenvalue weighted by Crippen LogP contribution is -2.31. The van der Waals surface area contributed by atoms with Crippen molar-refractivity contribution in [2.75, 3.05) is 5.32 Å². The monoisotopic (exact) mass is 279 g/mol. The zero-order valence-electron chi connectivity index (χ0n) is 11.2. The number of carbonyl (C=O) groups is 1. The molecule has 7 heteroatoms. The number of nitrogens with one attached hydrogen (secondary N) is 1. The van der Waals surface area contributed by atoms with Crippen LogP contribution in [0.4, 0.5) is 11.5 Å². The van der Waals surface area contributed by atoms with Crippen molar-refractivity contribution in [1.29, 1.82) is 0 Å². The van der Waals surface area contributed by atoms with E-state index in [1.165, 1.54) is 12.3 Å². The normalized spacial score (nSPS) is 22.2. The third-order valence-electron chi connectivity index (χ3n) is 3.64. The molecule has 1 fully saturated rings. The van der Waals surface area contributed by atoms with Crippen molar-refractivity contribution in [3.05, 3.63) is 27.9 Å². The number of hydrogen-bond acceptors (Lipinski definition) is 5. The number of carboxylic acid groups (broad SMARTS) is 1. The van der Waals surface area contributed by atoms with Gasteiger partial charge in [0.1, 0.15) is 12.0 Å². The van der Waals surface area contributed by atoms with Crippen molar-refractivity contribution in [2.24, 2.45) is 5.92 Å². The quantitative estimate of drug-likeness (QED) is 0.647. The van der Waals surface area contributed by atoms with Gasteiger partial charge in [0.2, 0.25) is 0 Å². The van der Waals surface area contributed by atoms with E-state index in [9.17, 15) is 14.9 Å². The van der Waals surface area contributed by atoms with Crippen LogP contribution in [0.3, 0.4) is 0 Å². The summed E-state index contributed by atoms with van der Waals surface area (Å²) in [6.07, 6.45) is 4.24. The maximum absolute atomic E-state index is 11.0. The van der Waals surface area contributed by atoms with E-state index in [1.54, 1.807) is 6.92 Å². The maximum atomic E-state index is 11.0. The molecule has 2 N–H and O–H groups in total. The van der Waals surface area contributed by atoms with E-state index in [0.29, 0.717) is 24.2 Å². The number of carboxylic acids is 1. The van der Waals surface area contributed by atoms with E-state index >= 15 is 0 Å². The molecule has 2 atom stereocenters. The molecule has 1 saturated carbocycles. The molecule has 2 unspecified atom stereocenters. The first-order valence-corrected chi connectivity index (χ1v) is 6.57. The van der Waals surface area contributed by atoms with Crippen LogP contribution in [-0.2, 0) is 4.79 Å². The summed E-state index contributed by atoms with van der Waals surface area (Å²) in [6, 6.07) is 1.52. The van der Waals surface area contributed by atoms with Crippen molar-refractivity contribution in [2.45, 2.75) is 38.6 Å². The first kappa shape index (κ1) is 14.2. The van der Waals surface area contributed by atoms with Gasteiger partial charge >= 0.3 is 5.97 Å². The number of rotatable bonds is 4. The van der Waals surface area contributed by atoms with E-state index in [0.717, 1.165) is 12.8 Å². The molecule has 1 aromatic rings. The van der Waals surface area contributed by atoms with Crippen LogP contribution in [0.25, 0.3) is 0 Å². The Morgan fingerprint density at radius 3 is 2.90 bits per heavy atom. The summed E-state index contributed by atoms with van der Waals surface area (Å²) < 4.78 is 0. The molecule has 108 valence electrons. The largest absolute Gasteiger partial charge is 0.481 e. The van der Waals surface area contributed by atoms with Gasteiger partial charge in [-0.2, -0.15) is 0 Å². The van der Waals surface area contributed by atoms with Gasteiger partial charge in [-0.05, 0) is 31.7 Å². The molecule has 0 bridgehead atoms. The first-order valence-electron chi connectivity index (χ1n) is 6.57. The van der Waals surface area contributed by atoms with Gasteiger partial charge in [0, 0.05) is 12.1 Å². The average molecular weight is 279 g/mol. The summed E-state index contributed by atoms with van der Waals surface area (Å²) in [5, 5.41) is 22.9. The molecule has 1 aromatic heterocycles. The van der Waals surface area contributed by atoms with E-state index < -0.39 is 10.9 Å². The Hall–Kier alpha value is -2.18. The summed E-state index contributed by atoms with van der Waals surface area (Å²) in [7, 11) is 0. The second-order valence-corrected chi connectivity index (χ2v) is 5.16. The summed E-state index contributed by atoms with van der Waals surface area (Å²) in [6.45, 7) is 1.75. The molecule has 7 nitrogen and oxygen atoms in total. The Balaban J connectivity index is 2.06. The SMILES string of the molecule is Cc1cc([N+](=O)[O-])cnc1NC1CCCC(C(=O)O)C1. The number of pyridine rings is 1. The van der Waals surface area contributed by atoms with Gasteiger partial charge in [0.15, 0.2) is 0 Å². The Kier molecular flexibility index (Phi) is 4.16. The second kappa shape index (κ2) is 5.85. The van der Waals surface area contributed by atoms with Crippen LogP contribution in [0.15, 0.2) is 12.3 Å². The fourth-order valence-corrected chi connectivity index (χ4v) is 2.55. The number of nitrogens with zero attached hydrogens (tertiary/aromatic N) is 2. The molecule has 0 saturated heterocycles. The number of aliphatic carboxylic acids is 1. The molecular weight excluding hydrogens is 262 g/mol. The van der Waals surface area contributed by atoms with Gasteiger partial charge in [-0.1, -0.05) is 6.42 Å². The highest BCUT2D eigenvalue weighted by Crippen LogP contribution is 2.28. The van der Waals surface area contributed by atoms with E-state index in [4.69, 9.17) is 5.11 Å². The van der Waals surface area contributed by atoms with Gasteiger partial charge in [0.25, 0.3) is 5.69 Å². The Morgan fingerprint density at radius 2 is 2.30 bits per heavy atom. The number of anilines is 1. The molecule has 0 spiro atoms. The molecular formula is C13H17N3O4. The van der Waals surface area contributed by atoms with E-state index in [1.807, 2.05) is 0 Å². The van der Waals surface area contributed by atoms with Crippen LogP contribution in [0, 0.1) is 23.0 Å². The van der Waals surface area contributed by atoms with Crippen LogP contribution in [0.1, 0.15) is 31.2 Å². The molecule has 0 amide bonds. The Labute approximate surface area is 116 Å². The highest BCUT2D eigenvalue weighted by Gasteiger charge is 2.27. The molecule has 2 rings (SSSR count). The highest BCUT2D eigenvalue weighted by atomic mass is 16.6. The van der Waals surface area contributed by atoms with Crippen molar-refractivity contribution in [1.82, 2.24) is 4.98 Å². The zero-order chi connectivity index (χ0) is 14.7. The zero-order valence-corrected chi connectivity index (χ0v) is 11.2. The third kappa shape index (κ3) is 3.23. The van der Waals surface area contributed by atoms with Crippen molar-refractivity contribution < 1.29 is 14.8 Å². The van der Waals surface area contributed by atoms with Gasteiger partial charge in [-0.25, -0.2) is 4.98 Å². The Morgan fingerprint density at radius 1 is 1.55 bits per heavy atom. The smallest absolute Gasteiger partial charge is 0.306 e. The number of hydrogen-bond donors (Lipinski definition) is 2. The van der Waals surface area contributed by atoms with Crippen molar-refractivity contribution >= 4 is 17.5 Å². The minimum absolute atomic E-state index is 0.0416. The molecule has 0 aromatic carbocycles. The number of aromatic nitrogens is 1. The molecule has 1 aliphatic carbocycles. The van der Waals surface area contributed by atoms with Crippen molar-refractivity contribution in [3.63, 3.8) is 0 Å². The lowest BCUT2D eigenvalue weighted by molar-refractivity contribution is -0.385. The van der Waals surface area contributed by atoms with Crippen LogP contribution in [-0.4, -0.2) is 27.0 Å². The minimum atomic E-state index is -0.759. The van der Waals surface area contributed by atoms with Crippen molar-refractivity contribution in [3.8, 4) is 0 Å². The van der Waals surface area contributed by atoms with Gasteiger partial charge < -0.3 is 10.4 Å². The summed E-state index contributed by atoms with van der Waals surface area (Å²) in [4.78, 5) is 25.3. The third-order valence-corrected chi connectivity index (χ3v) is 3.64. The Bertz CT molecular complexity index is 532. The molecule has 0 aliphatic heterocycles. The molecule has 1 aliphatic rings. The summed E-state index contributed by atoms with van der Waals surface area (Å²) in [5.41, 5.74) is 0.650.